The highest BCUT2D eigenvalue weighted by Crippen LogP contribution is 2.46. The van der Waals surface area contributed by atoms with Crippen LogP contribution >= 0.6 is 0 Å². The SMILES string of the molecule is CCCC1C(CCCC(CC)C(C)C)C(C)C1NC. The van der Waals surface area contributed by atoms with E-state index in [4.69, 9.17) is 0 Å². The summed E-state index contributed by atoms with van der Waals surface area (Å²) in [5, 5.41) is 3.54. The second kappa shape index (κ2) is 8.29. The smallest absolute Gasteiger partial charge is 0.0123 e. The van der Waals surface area contributed by atoms with Crippen molar-refractivity contribution in [3.63, 3.8) is 0 Å². The van der Waals surface area contributed by atoms with E-state index in [2.05, 4.69) is 47.0 Å². The summed E-state index contributed by atoms with van der Waals surface area (Å²) < 4.78 is 0. The average Bonchev–Trinajstić information content (AvgIpc) is 2.38. The van der Waals surface area contributed by atoms with E-state index in [0.29, 0.717) is 0 Å². The first-order valence-corrected chi connectivity index (χ1v) is 8.73. The van der Waals surface area contributed by atoms with Crippen LogP contribution < -0.4 is 5.32 Å². The van der Waals surface area contributed by atoms with Crippen molar-refractivity contribution in [2.24, 2.45) is 29.6 Å². The van der Waals surface area contributed by atoms with E-state index in [1.807, 2.05) is 0 Å². The molecule has 1 saturated carbocycles. The molecule has 0 amide bonds. The molecule has 1 aliphatic rings. The van der Waals surface area contributed by atoms with Crippen LogP contribution in [0.3, 0.4) is 0 Å². The van der Waals surface area contributed by atoms with E-state index in [-0.39, 0.29) is 0 Å². The average molecular weight is 268 g/mol. The van der Waals surface area contributed by atoms with Crippen LogP contribution in [0.2, 0.25) is 0 Å². The predicted molar refractivity (Wildman–Crippen MR) is 86.4 cm³/mol. The topological polar surface area (TPSA) is 12.0 Å². The fourth-order valence-electron chi connectivity index (χ4n) is 4.47. The normalized spacial score (nSPS) is 32.4. The zero-order chi connectivity index (χ0) is 14.4. The molecule has 0 aromatic heterocycles. The molecule has 1 rings (SSSR count). The van der Waals surface area contributed by atoms with E-state index in [0.717, 1.165) is 35.6 Å². The van der Waals surface area contributed by atoms with Crippen LogP contribution in [0.1, 0.15) is 73.1 Å². The van der Waals surface area contributed by atoms with Crippen LogP contribution in [-0.4, -0.2) is 13.1 Å². The van der Waals surface area contributed by atoms with Gasteiger partial charge in [0.25, 0.3) is 0 Å². The van der Waals surface area contributed by atoms with Gasteiger partial charge in [0.05, 0.1) is 0 Å². The molecule has 1 nitrogen and oxygen atoms in total. The minimum Gasteiger partial charge on any atom is -0.316 e. The van der Waals surface area contributed by atoms with Crippen LogP contribution in [0.5, 0.6) is 0 Å². The van der Waals surface area contributed by atoms with Crippen molar-refractivity contribution >= 4 is 0 Å². The maximum Gasteiger partial charge on any atom is 0.0123 e. The van der Waals surface area contributed by atoms with Gasteiger partial charge in [-0.25, -0.2) is 0 Å². The fraction of sp³-hybridized carbons (Fsp3) is 1.00. The lowest BCUT2D eigenvalue weighted by Gasteiger charge is -2.51. The Hall–Kier alpha value is -0.0400. The van der Waals surface area contributed by atoms with E-state index >= 15 is 0 Å². The first-order chi connectivity index (χ1) is 9.06. The third-order valence-corrected chi connectivity index (χ3v) is 5.79. The summed E-state index contributed by atoms with van der Waals surface area (Å²) in [5.41, 5.74) is 0. The summed E-state index contributed by atoms with van der Waals surface area (Å²) in [7, 11) is 2.14. The third kappa shape index (κ3) is 4.21. The van der Waals surface area contributed by atoms with Gasteiger partial charge in [0.2, 0.25) is 0 Å². The summed E-state index contributed by atoms with van der Waals surface area (Å²) in [6.45, 7) is 11.9. The lowest BCUT2D eigenvalue weighted by Crippen LogP contribution is -2.56. The van der Waals surface area contributed by atoms with Crippen LogP contribution in [-0.2, 0) is 0 Å². The van der Waals surface area contributed by atoms with E-state index < -0.39 is 0 Å². The van der Waals surface area contributed by atoms with Gasteiger partial charge in [-0.05, 0) is 49.5 Å². The number of hydrogen-bond donors (Lipinski definition) is 1. The Morgan fingerprint density at radius 3 is 2.21 bits per heavy atom. The number of hydrogen-bond acceptors (Lipinski definition) is 1. The predicted octanol–water partition coefficient (Wildman–Crippen LogP) is 5.11. The summed E-state index contributed by atoms with van der Waals surface area (Å²) in [5.74, 6) is 4.63. The Morgan fingerprint density at radius 2 is 1.74 bits per heavy atom. The summed E-state index contributed by atoms with van der Waals surface area (Å²) >= 11 is 0. The molecule has 0 heterocycles. The molecule has 0 aromatic rings. The zero-order valence-corrected chi connectivity index (χ0v) is 14.2. The summed E-state index contributed by atoms with van der Waals surface area (Å²) in [4.78, 5) is 0. The first kappa shape index (κ1) is 17.0. The standard InChI is InChI=1S/C18H37N/c1-7-10-17-16(14(5)18(17)19-6)12-9-11-15(8-2)13(3)4/h13-19H,7-12H2,1-6H3. The van der Waals surface area contributed by atoms with Crippen molar-refractivity contribution in [2.45, 2.75) is 79.2 Å². The first-order valence-electron chi connectivity index (χ1n) is 8.73. The van der Waals surface area contributed by atoms with Crippen molar-refractivity contribution in [3.8, 4) is 0 Å². The van der Waals surface area contributed by atoms with Gasteiger partial charge in [-0.15, -0.1) is 0 Å². The van der Waals surface area contributed by atoms with Crippen LogP contribution in [0.4, 0.5) is 0 Å². The van der Waals surface area contributed by atoms with Crippen molar-refractivity contribution in [2.75, 3.05) is 7.05 Å². The Morgan fingerprint density at radius 1 is 1.05 bits per heavy atom. The quantitative estimate of drug-likeness (QED) is 0.612. The Bertz CT molecular complexity index is 236. The van der Waals surface area contributed by atoms with E-state index in [1.165, 1.54) is 38.5 Å². The van der Waals surface area contributed by atoms with Gasteiger partial charge < -0.3 is 5.32 Å². The molecule has 1 N–H and O–H groups in total. The van der Waals surface area contributed by atoms with Gasteiger partial charge in [0.1, 0.15) is 0 Å². The summed E-state index contributed by atoms with van der Waals surface area (Å²) in [6.07, 6.45) is 8.48. The molecule has 0 saturated heterocycles. The minimum absolute atomic E-state index is 0.789. The highest BCUT2D eigenvalue weighted by molar-refractivity contribution is 4.98. The van der Waals surface area contributed by atoms with E-state index in [1.54, 1.807) is 0 Å². The molecular weight excluding hydrogens is 230 g/mol. The van der Waals surface area contributed by atoms with Crippen LogP contribution in [0.15, 0.2) is 0 Å². The van der Waals surface area contributed by atoms with Crippen LogP contribution in [0, 0.1) is 29.6 Å². The van der Waals surface area contributed by atoms with Crippen molar-refractivity contribution < 1.29 is 0 Å². The zero-order valence-electron chi connectivity index (χ0n) is 14.2. The largest absolute Gasteiger partial charge is 0.316 e. The van der Waals surface area contributed by atoms with Gasteiger partial charge >= 0.3 is 0 Å². The van der Waals surface area contributed by atoms with E-state index in [9.17, 15) is 0 Å². The van der Waals surface area contributed by atoms with Crippen molar-refractivity contribution in [1.29, 1.82) is 0 Å². The van der Waals surface area contributed by atoms with Gasteiger partial charge in [0, 0.05) is 6.04 Å². The molecule has 5 atom stereocenters. The number of rotatable bonds is 9. The molecule has 19 heavy (non-hydrogen) atoms. The molecule has 1 fully saturated rings. The molecule has 0 spiro atoms. The Kier molecular flexibility index (Phi) is 7.42. The van der Waals surface area contributed by atoms with Gasteiger partial charge in [0.15, 0.2) is 0 Å². The summed E-state index contributed by atoms with van der Waals surface area (Å²) in [6, 6.07) is 0.789. The number of nitrogens with one attached hydrogen (secondary N) is 1. The fourth-order valence-corrected chi connectivity index (χ4v) is 4.47. The van der Waals surface area contributed by atoms with Crippen molar-refractivity contribution in [3.05, 3.63) is 0 Å². The van der Waals surface area contributed by atoms with Gasteiger partial charge in [-0.3, -0.25) is 0 Å². The third-order valence-electron chi connectivity index (χ3n) is 5.79. The molecular formula is C18H37N. The molecule has 1 heteroatoms. The Labute approximate surface area is 121 Å². The lowest BCUT2D eigenvalue weighted by atomic mass is 9.58. The lowest BCUT2D eigenvalue weighted by molar-refractivity contribution is 0.0136. The van der Waals surface area contributed by atoms with Crippen molar-refractivity contribution in [1.82, 2.24) is 5.32 Å². The minimum atomic E-state index is 0.789. The van der Waals surface area contributed by atoms with Gasteiger partial charge in [-0.2, -0.15) is 0 Å². The highest BCUT2D eigenvalue weighted by Gasteiger charge is 2.45. The molecule has 0 radical (unpaired) electrons. The molecule has 1 aliphatic carbocycles. The van der Waals surface area contributed by atoms with Gasteiger partial charge in [-0.1, -0.05) is 60.3 Å². The second-order valence-corrected chi connectivity index (χ2v) is 7.13. The maximum atomic E-state index is 3.54. The van der Waals surface area contributed by atoms with Crippen LogP contribution in [0.25, 0.3) is 0 Å². The molecule has 0 aromatic carbocycles. The molecule has 114 valence electrons. The molecule has 5 unspecified atom stereocenters. The second-order valence-electron chi connectivity index (χ2n) is 7.13. The molecule has 0 aliphatic heterocycles. The monoisotopic (exact) mass is 267 g/mol. The Balaban J connectivity index is 2.35. The maximum absolute atomic E-state index is 3.54. The highest BCUT2D eigenvalue weighted by atomic mass is 14.9. The molecule has 0 bridgehead atoms.